The molecule has 5 heteroatoms. The van der Waals surface area contributed by atoms with Crippen molar-refractivity contribution in [2.45, 2.75) is 19.5 Å². The van der Waals surface area contributed by atoms with Crippen LogP contribution >= 0.6 is 0 Å². The van der Waals surface area contributed by atoms with Crippen molar-refractivity contribution in [2.75, 3.05) is 38.1 Å². The van der Waals surface area contributed by atoms with Gasteiger partial charge in [0.2, 0.25) is 0 Å². The maximum Gasteiger partial charge on any atom is 0.418 e. The van der Waals surface area contributed by atoms with Crippen molar-refractivity contribution < 1.29 is 13.2 Å². The van der Waals surface area contributed by atoms with E-state index in [-0.39, 0.29) is 0 Å². The molecule has 106 valence electrons. The number of nitrogens with zero attached hydrogens (tertiary/aromatic N) is 2. The average molecular weight is 272 g/mol. The van der Waals surface area contributed by atoms with Gasteiger partial charge in [-0.25, -0.2) is 0 Å². The molecule has 0 saturated carbocycles. The summed E-state index contributed by atoms with van der Waals surface area (Å²) in [7, 11) is 1.99. The van der Waals surface area contributed by atoms with Gasteiger partial charge in [0.25, 0.3) is 0 Å². The Bertz CT molecular complexity index is 435. The lowest BCUT2D eigenvalue weighted by Gasteiger charge is -2.35. The summed E-state index contributed by atoms with van der Waals surface area (Å²) in [6.45, 7) is 4.75. The number of halogens is 3. The molecule has 1 saturated heterocycles. The van der Waals surface area contributed by atoms with Gasteiger partial charge in [-0.1, -0.05) is 13.0 Å². The third-order valence-electron chi connectivity index (χ3n) is 3.62. The molecule has 0 amide bonds. The highest BCUT2D eigenvalue weighted by molar-refractivity contribution is 5.56. The van der Waals surface area contributed by atoms with E-state index in [1.165, 1.54) is 6.07 Å². The van der Waals surface area contributed by atoms with Gasteiger partial charge in [0, 0.05) is 31.9 Å². The molecule has 0 unspecified atom stereocenters. The van der Waals surface area contributed by atoms with Crippen LogP contribution in [0.3, 0.4) is 0 Å². The first kappa shape index (κ1) is 14.2. The van der Waals surface area contributed by atoms with E-state index in [4.69, 9.17) is 0 Å². The molecule has 1 fully saturated rings. The van der Waals surface area contributed by atoms with Crippen LogP contribution in [-0.4, -0.2) is 38.1 Å². The molecular formula is C14H19F3N2. The van der Waals surface area contributed by atoms with Crippen molar-refractivity contribution in [1.82, 2.24) is 4.90 Å². The van der Waals surface area contributed by atoms with Crippen LogP contribution in [0.5, 0.6) is 0 Å². The number of alkyl halides is 3. The molecule has 0 aromatic heterocycles. The first-order chi connectivity index (χ1) is 8.91. The summed E-state index contributed by atoms with van der Waals surface area (Å²) < 4.78 is 39.5. The molecule has 1 aliphatic heterocycles. The molecule has 2 nitrogen and oxygen atoms in total. The number of hydrogen-bond donors (Lipinski definition) is 0. The Kier molecular flexibility index (Phi) is 4.04. The maximum absolute atomic E-state index is 13.2. The minimum Gasteiger partial charge on any atom is -0.368 e. The van der Waals surface area contributed by atoms with Crippen LogP contribution < -0.4 is 4.90 Å². The van der Waals surface area contributed by atoms with E-state index < -0.39 is 11.7 Å². The number of rotatable bonds is 2. The number of hydrogen-bond acceptors (Lipinski definition) is 2. The van der Waals surface area contributed by atoms with Crippen LogP contribution in [0, 0.1) is 0 Å². The molecule has 1 aromatic carbocycles. The second-order valence-corrected chi connectivity index (χ2v) is 4.99. The van der Waals surface area contributed by atoms with Gasteiger partial charge >= 0.3 is 6.18 Å². The fraction of sp³-hybridized carbons (Fsp3) is 0.571. The van der Waals surface area contributed by atoms with Crippen molar-refractivity contribution in [1.29, 1.82) is 0 Å². The van der Waals surface area contributed by atoms with Gasteiger partial charge in [-0.15, -0.1) is 0 Å². The van der Waals surface area contributed by atoms with Gasteiger partial charge in [-0.2, -0.15) is 13.2 Å². The molecule has 0 spiro atoms. The Morgan fingerprint density at radius 1 is 1.11 bits per heavy atom. The van der Waals surface area contributed by atoms with Crippen molar-refractivity contribution in [3.8, 4) is 0 Å². The highest BCUT2D eigenvalue weighted by Gasteiger charge is 2.35. The molecule has 0 aliphatic carbocycles. The molecule has 2 rings (SSSR count). The monoisotopic (exact) mass is 272 g/mol. The minimum absolute atomic E-state index is 0.317. The predicted molar refractivity (Wildman–Crippen MR) is 70.5 cm³/mol. The summed E-state index contributed by atoms with van der Waals surface area (Å²) in [6, 6.07) is 4.70. The topological polar surface area (TPSA) is 6.48 Å². The third-order valence-corrected chi connectivity index (χ3v) is 3.62. The zero-order chi connectivity index (χ0) is 14.0. The molecule has 0 atom stereocenters. The number of piperazine rings is 1. The van der Waals surface area contributed by atoms with E-state index in [2.05, 4.69) is 4.90 Å². The molecule has 19 heavy (non-hydrogen) atoms. The zero-order valence-corrected chi connectivity index (χ0v) is 11.3. The SMILES string of the molecule is CCc1ccc(N2CCN(C)CC2)c(C(F)(F)F)c1. The van der Waals surface area contributed by atoms with Gasteiger partial charge in [-0.3, -0.25) is 0 Å². The van der Waals surface area contributed by atoms with E-state index in [0.717, 1.165) is 18.7 Å². The number of likely N-dealkylation sites (N-methyl/N-ethyl adjacent to an activating group) is 1. The van der Waals surface area contributed by atoms with Crippen LogP contribution in [0.2, 0.25) is 0 Å². The molecule has 0 bridgehead atoms. The highest BCUT2D eigenvalue weighted by atomic mass is 19.4. The van der Waals surface area contributed by atoms with Crippen LogP contribution in [-0.2, 0) is 12.6 Å². The summed E-state index contributed by atoms with van der Waals surface area (Å²) in [5.41, 5.74) is 0.541. The Morgan fingerprint density at radius 3 is 2.26 bits per heavy atom. The zero-order valence-electron chi connectivity index (χ0n) is 11.3. The van der Waals surface area contributed by atoms with Crippen LogP contribution in [0.25, 0.3) is 0 Å². The van der Waals surface area contributed by atoms with Gasteiger partial charge in [0.15, 0.2) is 0 Å². The fourth-order valence-electron chi connectivity index (χ4n) is 2.35. The molecular weight excluding hydrogens is 253 g/mol. The smallest absolute Gasteiger partial charge is 0.368 e. The Balaban J connectivity index is 2.34. The predicted octanol–water partition coefficient (Wildman–Crippen LogP) is 3.02. The van der Waals surface area contributed by atoms with Gasteiger partial charge in [0.05, 0.1) is 5.56 Å². The standard InChI is InChI=1S/C14H19F3N2/c1-3-11-4-5-13(12(10-11)14(15,16)17)19-8-6-18(2)7-9-19/h4-5,10H,3,6-9H2,1-2H3. The molecule has 0 N–H and O–H groups in total. The van der Waals surface area contributed by atoms with E-state index in [9.17, 15) is 13.2 Å². The first-order valence-electron chi connectivity index (χ1n) is 6.55. The molecule has 1 aliphatic rings. The van der Waals surface area contributed by atoms with Gasteiger partial charge in [-0.05, 0) is 31.2 Å². The summed E-state index contributed by atoms with van der Waals surface area (Å²) in [6.07, 6.45) is -3.67. The largest absolute Gasteiger partial charge is 0.418 e. The summed E-state index contributed by atoms with van der Waals surface area (Å²) in [5.74, 6) is 0. The summed E-state index contributed by atoms with van der Waals surface area (Å²) in [4.78, 5) is 3.96. The van der Waals surface area contributed by atoms with Crippen LogP contribution in [0.15, 0.2) is 18.2 Å². The third kappa shape index (κ3) is 3.21. The van der Waals surface area contributed by atoms with E-state index in [1.807, 2.05) is 18.9 Å². The number of anilines is 1. The van der Waals surface area contributed by atoms with Crippen LogP contribution in [0.4, 0.5) is 18.9 Å². The quantitative estimate of drug-likeness (QED) is 0.816. The second kappa shape index (κ2) is 5.41. The highest BCUT2D eigenvalue weighted by Crippen LogP contribution is 2.37. The Labute approximate surface area is 111 Å². The number of benzene rings is 1. The minimum atomic E-state index is -4.29. The Morgan fingerprint density at radius 2 is 1.74 bits per heavy atom. The van der Waals surface area contributed by atoms with E-state index in [0.29, 0.717) is 25.2 Å². The molecule has 0 radical (unpaired) electrons. The normalized spacial score (nSPS) is 17.8. The lowest BCUT2D eigenvalue weighted by molar-refractivity contribution is -0.137. The summed E-state index contributed by atoms with van der Waals surface area (Å²) >= 11 is 0. The Hall–Kier alpha value is -1.23. The lowest BCUT2D eigenvalue weighted by atomic mass is 10.0. The molecule has 1 heterocycles. The van der Waals surface area contributed by atoms with E-state index in [1.54, 1.807) is 12.1 Å². The van der Waals surface area contributed by atoms with Crippen molar-refractivity contribution in [3.63, 3.8) is 0 Å². The van der Waals surface area contributed by atoms with Crippen LogP contribution in [0.1, 0.15) is 18.1 Å². The second-order valence-electron chi connectivity index (χ2n) is 4.99. The van der Waals surface area contributed by atoms with Gasteiger partial charge < -0.3 is 9.80 Å². The molecule has 1 aromatic rings. The first-order valence-corrected chi connectivity index (χ1v) is 6.55. The van der Waals surface area contributed by atoms with Crippen molar-refractivity contribution >= 4 is 5.69 Å². The lowest BCUT2D eigenvalue weighted by Crippen LogP contribution is -2.45. The summed E-state index contributed by atoms with van der Waals surface area (Å²) in [5, 5.41) is 0. The van der Waals surface area contributed by atoms with Gasteiger partial charge in [0.1, 0.15) is 0 Å². The van der Waals surface area contributed by atoms with E-state index >= 15 is 0 Å². The van der Waals surface area contributed by atoms with Crippen molar-refractivity contribution in [3.05, 3.63) is 29.3 Å². The average Bonchev–Trinajstić information content (AvgIpc) is 2.38. The maximum atomic E-state index is 13.2. The van der Waals surface area contributed by atoms with Crippen molar-refractivity contribution in [2.24, 2.45) is 0 Å². The number of aryl methyl sites for hydroxylation is 1. The fourth-order valence-corrected chi connectivity index (χ4v) is 2.35.